The van der Waals surface area contributed by atoms with E-state index in [-0.39, 0.29) is 24.5 Å². The zero-order valence-corrected chi connectivity index (χ0v) is 13.6. The van der Waals surface area contributed by atoms with Crippen LogP contribution in [0.1, 0.15) is 39.5 Å². The third-order valence-corrected chi connectivity index (χ3v) is 4.98. The molecule has 2 rings (SSSR count). The highest BCUT2D eigenvalue weighted by Gasteiger charge is 2.42. The quantitative estimate of drug-likeness (QED) is 0.492. The van der Waals surface area contributed by atoms with Crippen molar-refractivity contribution in [1.29, 1.82) is 0 Å². The van der Waals surface area contributed by atoms with Gasteiger partial charge in [0.2, 0.25) is 0 Å². The fourth-order valence-electron chi connectivity index (χ4n) is 2.47. The molecule has 0 aromatic heterocycles. The van der Waals surface area contributed by atoms with E-state index in [0.29, 0.717) is 5.25 Å². The predicted molar refractivity (Wildman–Crippen MR) is 83.8 cm³/mol. The Bertz CT molecular complexity index is 339. The standard InChI is InChI=1S/C10H16N2O3S.C4H10O/c13-8(14)4-2-1-3-7-9-6(5-16-7)11-10(15)12-9;1-3-5-4-2/h6-7,9H,1-5H2,(H,13,14)(H2,11,12,15);3-4H2,1-2H3/t6-,7-,9-;/m0./s1. The Morgan fingerprint density at radius 2 is 2.05 bits per heavy atom. The Balaban J connectivity index is 0.000000383. The maximum absolute atomic E-state index is 11.1. The van der Waals surface area contributed by atoms with Gasteiger partial charge < -0.3 is 20.5 Å². The number of aliphatic carboxylic acids is 1. The number of hydrogen-bond acceptors (Lipinski definition) is 4. The summed E-state index contributed by atoms with van der Waals surface area (Å²) >= 11 is 1.87. The van der Waals surface area contributed by atoms with Crippen LogP contribution >= 0.6 is 11.8 Å². The monoisotopic (exact) mass is 318 g/mol. The van der Waals surface area contributed by atoms with Crippen molar-refractivity contribution in [1.82, 2.24) is 10.6 Å². The van der Waals surface area contributed by atoms with E-state index >= 15 is 0 Å². The van der Waals surface area contributed by atoms with Crippen LogP contribution in [0, 0.1) is 0 Å². The molecule has 6 nitrogen and oxygen atoms in total. The Hall–Kier alpha value is -0.950. The van der Waals surface area contributed by atoms with Gasteiger partial charge in [0.05, 0.1) is 12.1 Å². The third-order valence-electron chi connectivity index (χ3n) is 3.48. The molecule has 0 aromatic rings. The molecule has 0 unspecified atom stereocenters. The largest absolute Gasteiger partial charge is 0.481 e. The fraction of sp³-hybridized carbons (Fsp3) is 0.857. The smallest absolute Gasteiger partial charge is 0.315 e. The zero-order chi connectivity index (χ0) is 15.7. The van der Waals surface area contributed by atoms with Gasteiger partial charge in [0.15, 0.2) is 0 Å². The average Bonchev–Trinajstić information content (AvgIpc) is 2.96. The Morgan fingerprint density at radius 1 is 1.33 bits per heavy atom. The number of thioether (sulfide) groups is 1. The zero-order valence-electron chi connectivity index (χ0n) is 12.8. The first-order chi connectivity index (χ1) is 10.1. The predicted octanol–water partition coefficient (Wildman–Crippen LogP) is 1.84. The number of rotatable bonds is 7. The van der Waals surface area contributed by atoms with Gasteiger partial charge in [-0.05, 0) is 26.7 Å². The van der Waals surface area contributed by atoms with E-state index in [2.05, 4.69) is 10.6 Å². The second kappa shape index (κ2) is 9.89. The number of amides is 2. The molecule has 0 aliphatic carbocycles. The van der Waals surface area contributed by atoms with Crippen LogP contribution in [0.15, 0.2) is 0 Å². The molecule has 2 heterocycles. The van der Waals surface area contributed by atoms with Crippen molar-refractivity contribution in [2.24, 2.45) is 0 Å². The van der Waals surface area contributed by atoms with Gasteiger partial charge in [-0.2, -0.15) is 11.8 Å². The second-order valence-electron chi connectivity index (χ2n) is 5.04. The van der Waals surface area contributed by atoms with E-state index in [9.17, 15) is 9.59 Å². The molecular weight excluding hydrogens is 292 g/mol. The van der Waals surface area contributed by atoms with Gasteiger partial charge in [-0.1, -0.05) is 6.42 Å². The molecule has 2 amide bonds. The lowest BCUT2D eigenvalue weighted by Gasteiger charge is -2.16. The molecule has 0 radical (unpaired) electrons. The maximum atomic E-state index is 11.1. The summed E-state index contributed by atoms with van der Waals surface area (Å²) < 4.78 is 4.83. The summed E-state index contributed by atoms with van der Waals surface area (Å²) in [5, 5.41) is 14.8. The number of nitrogens with one attached hydrogen (secondary N) is 2. The minimum Gasteiger partial charge on any atom is -0.481 e. The number of carbonyl (C=O) groups is 2. The highest BCUT2D eigenvalue weighted by atomic mass is 32.2. The van der Waals surface area contributed by atoms with Gasteiger partial charge in [0, 0.05) is 30.6 Å². The summed E-state index contributed by atoms with van der Waals surface area (Å²) in [6, 6.07) is 0.440. The van der Waals surface area contributed by atoms with Gasteiger partial charge in [-0.3, -0.25) is 4.79 Å². The topological polar surface area (TPSA) is 87.7 Å². The van der Waals surface area contributed by atoms with E-state index in [1.807, 2.05) is 25.6 Å². The lowest BCUT2D eigenvalue weighted by Crippen LogP contribution is -2.36. The number of carboxylic acids is 1. The fourth-order valence-corrected chi connectivity index (χ4v) is 4.01. The lowest BCUT2D eigenvalue weighted by molar-refractivity contribution is -0.137. The van der Waals surface area contributed by atoms with Crippen molar-refractivity contribution in [3.05, 3.63) is 0 Å². The van der Waals surface area contributed by atoms with Gasteiger partial charge in [0.1, 0.15) is 0 Å². The summed E-state index contributed by atoms with van der Waals surface area (Å²) in [6.45, 7) is 5.67. The van der Waals surface area contributed by atoms with Crippen molar-refractivity contribution >= 4 is 23.8 Å². The summed E-state index contributed by atoms with van der Waals surface area (Å²) in [4.78, 5) is 21.5. The molecule has 0 saturated carbocycles. The molecule has 0 bridgehead atoms. The van der Waals surface area contributed by atoms with Crippen LogP contribution in [0.2, 0.25) is 0 Å². The molecule has 0 spiro atoms. The number of urea groups is 1. The molecule has 21 heavy (non-hydrogen) atoms. The van der Waals surface area contributed by atoms with Crippen molar-refractivity contribution in [2.45, 2.75) is 56.9 Å². The molecule has 2 saturated heterocycles. The van der Waals surface area contributed by atoms with Gasteiger partial charge in [0.25, 0.3) is 0 Å². The number of hydrogen-bond donors (Lipinski definition) is 3. The van der Waals surface area contributed by atoms with Gasteiger partial charge >= 0.3 is 12.0 Å². The average molecular weight is 318 g/mol. The summed E-state index contributed by atoms with van der Waals surface area (Å²) in [5.74, 6) is 0.236. The highest BCUT2D eigenvalue weighted by Crippen LogP contribution is 2.33. The van der Waals surface area contributed by atoms with Crippen molar-refractivity contribution in [3.63, 3.8) is 0 Å². The maximum Gasteiger partial charge on any atom is 0.315 e. The van der Waals surface area contributed by atoms with Crippen LogP contribution in [0.3, 0.4) is 0 Å². The number of unbranched alkanes of at least 4 members (excludes halogenated alkanes) is 1. The highest BCUT2D eigenvalue weighted by molar-refractivity contribution is 8.00. The minimum absolute atomic E-state index is 0.0640. The molecule has 7 heteroatoms. The number of fused-ring (bicyclic) bond motifs is 1. The summed E-state index contributed by atoms with van der Waals surface area (Å²) in [7, 11) is 0. The molecule has 122 valence electrons. The van der Waals surface area contributed by atoms with Crippen LogP contribution in [0.4, 0.5) is 4.79 Å². The third kappa shape index (κ3) is 6.56. The first kappa shape index (κ1) is 18.1. The SMILES string of the molecule is CCOCC.O=C(O)CCCC[C@@H]1SC[C@@H]2NC(=O)N[C@@H]21. The van der Waals surface area contributed by atoms with E-state index in [4.69, 9.17) is 9.84 Å². The van der Waals surface area contributed by atoms with Gasteiger partial charge in [-0.15, -0.1) is 0 Å². The molecule has 2 fully saturated rings. The van der Waals surface area contributed by atoms with E-state index in [0.717, 1.165) is 38.2 Å². The Labute approximate surface area is 130 Å². The number of carbonyl (C=O) groups excluding carboxylic acids is 1. The van der Waals surface area contributed by atoms with Crippen molar-refractivity contribution in [3.8, 4) is 0 Å². The molecule has 3 atom stereocenters. The normalized spacial score (nSPS) is 26.4. The molecule has 3 N–H and O–H groups in total. The van der Waals surface area contributed by atoms with Crippen LogP contribution in [-0.2, 0) is 9.53 Å². The minimum atomic E-state index is -0.729. The van der Waals surface area contributed by atoms with Crippen LogP contribution < -0.4 is 10.6 Å². The van der Waals surface area contributed by atoms with E-state index in [1.54, 1.807) is 0 Å². The lowest BCUT2D eigenvalue weighted by atomic mass is 10.0. The molecule has 0 aromatic carbocycles. The Kier molecular flexibility index (Phi) is 8.52. The van der Waals surface area contributed by atoms with Crippen LogP contribution in [-0.4, -0.2) is 53.4 Å². The number of ether oxygens (including phenoxy) is 1. The summed E-state index contributed by atoms with van der Waals surface area (Å²) in [5.41, 5.74) is 0. The Morgan fingerprint density at radius 3 is 2.62 bits per heavy atom. The number of carboxylic acid groups (broad SMARTS) is 1. The van der Waals surface area contributed by atoms with Crippen LogP contribution in [0.5, 0.6) is 0 Å². The molecule has 2 aliphatic heterocycles. The van der Waals surface area contributed by atoms with Gasteiger partial charge in [-0.25, -0.2) is 4.79 Å². The second-order valence-corrected chi connectivity index (χ2v) is 6.32. The van der Waals surface area contributed by atoms with Crippen molar-refractivity contribution < 1.29 is 19.4 Å². The first-order valence-corrected chi connectivity index (χ1v) is 8.61. The van der Waals surface area contributed by atoms with E-state index < -0.39 is 5.97 Å². The molecule has 2 aliphatic rings. The summed E-state index contributed by atoms with van der Waals surface area (Å²) in [6.07, 6.45) is 2.88. The van der Waals surface area contributed by atoms with E-state index in [1.165, 1.54) is 0 Å². The molecular formula is C14H26N2O4S. The first-order valence-electron chi connectivity index (χ1n) is 7.56. The van der Waals surface area contributed by atoms with Crippen LogP contribution in [0.25, 0.3) is 0 Å². The van der Waals surface area contributed by atoms with Crippen molar-refractivity contribution in [2.75, 3.05) is 19.0 Å².